The summed E-state index contributed by atoms with van der Waals surface area (Å²) in [5.74, 6) is -0.731. The van der Waals surface area contributed by atoms with E-state index in [0.717, 1.165) is 4.68 Å². The lowest BCUT2D eigenvalue weighted by atomic mass is 10.3. The second-order valence-corrected chi connectivity index (χ2v) is 3.61. The first-order valence-corrected chi connectivity index (χ1v) is 4.89. The number of alkyl halides is 3. The lowest BCUT2D eigenvalue weighted by Gasteiger charge is -2.02. The Morgan fingerprint density at radius 1 is 1.18 bits per heavy atom. The predicted octanol–water partition coefficient (Wildman–Crippen LogP) is 3.25. The van der Waals surface area contributed by atoms with E-state index in [2.05, 4.69) is 5.10 Å². The molecule has 0 spiro atoms. The monoisotopic (exact) mass is 262 g/mol. The minimum atomic E-state index is -4.70. The zero-order chi connectivity index (χ0) is 12.6. The van der Waals surface area contributed by atoms with Gasteiger partial charge in [0.15, 0.2) is 5.69 Å². The third-order valence-corrected chi connectivity index (χ3v) is 2.42. The molecule has 0 amide bonds. The molecular weight excluding hydrogens is 257 g/mol. The normalized spacial score (nSPS) is 11.8. The predicted molar refractivity (Wildman–Crippen MR) is 55.2 cm³/mol. The summed E-state index contributed by atoms with van der Waals surface area (Å²) in [4.78, 5) is 0. The van der Waals surface area contributed by atoms with Gasteiger partial charge in [-0.3, -0.25) is 0 Å². The molecule has 17 heavy (non-hydrogen) atoms. The highest BCUT2D eigenvalue weighted by atomic mass is 35.5. The van der Waals surface area contributed by atoms with E-state index in [-0.39, 0.29) is 0 Å². The van der Waals surface area contributed by atoms with Crippen LogP contribution >= 0.6 is 11.6 Å². The van der Waals surface area contributed by atoms with E-state index < -0.39 is 22.8 Å². The molecule has 0 aliphatic heterocycles. The number of hydrogen-bond acceptors (Lipinski definition) is 2. The smallest absolute Gasteiger partial charge is 0.436 e. The van der Waals surface area contributed by atoms with Gasteiger partial charge in [0.25, 0.3) is 0 Å². The molecule has 0 radical (unpaired) electrons. The number of halogens is 4. The van der Waals surface area contributed by atoms with Crippen molar-refractivity contribution < 1.29 is 18.3 Å². The molecule has 0 aliphatic carbocycles. The van der Waals surface area contributed by atoms with Gasteiger partial charge in [0.2, 0.25) is 5.88 Å². The number of aromatic nitrogens is 2. The topological polar surface area (TPSA) is 38.1 Å². The van der Waals surface area contributed by atoms with Crippen molar-refractivity contribution in [2.24, 2.45) is 0 Å². The van der Waals surface area contributed by atoms with Crippen LogP contribution in [-0.2, 0) is 6.18 Å². The number of hydrogen-bond donors (Lipinski definition) is 1. The molecule has 0 aliphatic rings. The summed E-state index contributed by atoms with van der Waals surface area (Å²) in [6.07, 6.45) is -4.70. The fourth-order valence-electron chi connectivity index (χ4n) is 1.32. The molecule has 0 bridgehead atoms. The minimum Gasteiger partial charge on any atom is -0.492 e. The molecule has 0 fully saturated rings. The molecule has 3 nitrogen and oxygen atoms in total. The summed E-state index contributed by atoms with van der Waals surface area (Å²) >= 11 is 5.40. The molecule has 1 N–H and O–H groups in total. The molecule has 0 saturated carbocycles. The van der Waals surface area contributed by atoms with Crippen molar-refractivity contribution in [3.8, 4) is 11.6 Å². The quantitative estimate of drug-likeness (QED) is 0.857. The van der Waals surface area contributed by atoms with Gasteiger partial charge in [0.05, 0.1) is 5.69 Å². The summed E-state index contributed by atoms with van der Waals surface area (Å²) in [6, 6.07) is 7.91. The molecule has 0 saturated heterocycles. The Morgan fingerprint density at radius 3 is 2.24 bits per heavy atom. The van der Waals surface area contributed by atoms with Gasteiger partial charge >= 0.3 is 6.18 Å². The highest BCUT2D eigenvalue weighted by molar-refractivity contribution is 6.32. The molecule has 1 aromatic carbocycles. The zero-order valence-corrected chi connectivity index (χ0v) is 9.00. The lowest BCUT2D eigenvalue weighted by Crippen LogP contribution is -2.07. The Bertz CT molecular complexity index is 536. The average Bonchev–Trinajstić information content (AvgIpc) is 2.57. The van der Waals surface area contributed by atoms with Crippen molar-refractivity contribution in [3.63, 3.8) is 0 Å². The van der Waals surface area contributed by atoms with Crippen LogP contribution in [0.25, 0.3) is 5.69 Å². The Morgan fingerprint density at radius 2 is 1.76 bits per heavy atom. The largest absolute Gasteiger partial charge is 0.492 e. The number of aromatic hydroxyl groups is 1. The fourth-order valence-corrected chi connectivity index (χ4v) is 1.55. The van der Waals surface area contributed by atoms with E-state index in [4.69, 9.17) is 11.6 Å². The molecule has 2 aromatic rings. The third kappa shape index (κ3) is 2.08. The van der Waals surface area contributed by atoms with Gasteiger partial charge in [0.1, 0.15) is 5.02 Å². The van der Waals surface area contributed by atoms with Crippen molar-refractivity contribution >= 4 is 11.6 Å². The molecule has 1 heterocycles. The standard InChI is InChI=1S/C10H6ClF3N2O/c11-7-8(10(12,13)14)15-16(9(7)17)6-4-2-1-3-5-6/h1-5,17H. The van der Waals surface area contributed by atoms with Crippen LogP contribution in [0.2, 0.25) is 5.02 Å². The summed E-state index contributed by atoms with van der Waals surface area (Å²) in [5, 5.41) is 12.0. The third-order valence-electron chi connectivity index (χ3n) is 2.07. The molecule has 7 heteroatoms. The number of nitrogens with zero attached hydrogens (tertiary/aromatic N) is 2. The van der Waals surface area contributed by atoms with E-state index in [9.17, 15) is 18.3 Å². The molecule has 2 rings (SSSR count). The Hall–Kier alpha value is -1.69. The first-order valence-electron chi connectivity index (χ1n) is 4.51. The van der Waals surface area contributed by atoms with Crippen molar-refractivity contribution in [2.45, 2.75) is 6.18 Å². The summed E-state index contributed by atoms with van der Waals surface area (Å²) < 4.78 is 38.2. The van der Waals surface area contributed by atoms with E-state index in [1.807, 2.05) is 0 Å². The maximum atomic E-state index is 12.5. The van der Waals surface area contributed by atoms with Crippen LogP contribution in [0, 0.1) is 0 Å². The first kappa shape index (κ1) is 11.8. The van der Waals surface area contributed by atoms with E-state index >= 15 is 0 Å². The van der Waals surface area contributed by atoms with Crippen LogP contribution in [-0.4, -0.2) is 14.9 Å². The SMILES string of the molecule is Oc1c(Cl)c(C(F)(F)F)nn1-c1ccccc1. The van der Waals surface area contributed by atoms with Crippen LogP contribution in [0.4, 0.5) is 13.2 Å². The van der Waals surface area contributed by atoms with Gasteiger partial charge in [-0.1, -0.05) is 29.8 Å². The van der Waals surface area contributed by atoms with Gasteiger partial charge in [-0.05, 0) is 12.1 Å². The van der Waals surface area contributed by atoms with Gasteiger partial charge < -0.3 is 5.11 Å². The molecule has 90 valence electrons. The van der Waals surface area contributed by atoms with Crippen LogP contribution in [0.1, 0.15) is 5.69 Å². The summed E-state index contributed by atoms with van der Waals surface area (Å²) in [5.41, 5.74) is -1.01. The van der Waals surface area contributed by atoms with Gasteiger partial charge in [-0.15, -0.1) is 0 Å². The van der Waals surface area contributed by atoms with Crippen LogP contribution in [0.15, 0.2) is 30.3 Å². The lowest BCUT2D eigenvalue weighted by molar-refractivity contribution is -0.141. The number of para-hydroxylation sites is 1. The summed E-state index contributed by atoms with van der Waals surface area (Å²) in [6.45, 7) is 0. The second-order valence-electron chi connectivity index (χ2n) is 3.23. The van der Waals surface area contributed by atoms with Gasteiger partial charge in [0, 0.05) is 0 Å². The molecular formula is C10H6ClF3N2O. The van der Waals surface area contributed by atoms with Crippen LogP contribution < -0.4 is 0 Å². The Balaban J connectivity index is 2.59. The first-order chi connectivity index (χ1) is 7.91. The van der Waals surface area contributed by atoms with E-state index in [1.165, 1.54) is 12.1 Å². The highest BCUT2D eigenvalue weighted by Crippen LogP contribution is 2.39. The second kappa shape index (κ2) is 3.96. The zero-order valence-electron chi connectivity index (χ0n) is 8.24. The maximum Gasteiger partial charge on any atom is 0.436 e. The molecule has 1 aromatic heterocycles. The van der Waals surface area contributed by atoms with Crippen molar-refractivity contribution in [3.05, 3.63) is 41.0 Å². The Labute approximate surface area is 99.1 Å². The van der Waals surface area contributed by atoms with E-state index in [1.54, 1.807) is 18.2 Å². The fraction of sp³-hybridized carbons (Fsp3) is 0.100. The number of benzene rings is 1. The molecule has 0 atom stereocenters. The van der Waals surface area contributed by atoms with Crippen molar-refractivity contribution in [1.29, 1.82) is 0 Å². The minimum absolute atomic E-state index is 0.294. The average molecular weight is 263 g/mol. The van der Waals surface area contributed by atoms with Gasteiger partial charge in [-0.25, -0.2) is 0 Å². The maximum absolute atomic E-state index is 12.5. The van der Waals surface area contributed by atoms with E-state index in [0.29, 0.717) is 5.69 Å². The highest BCUT2D eigenvalue weighted by Gasteiger charge is 2.39. The molecule has 0 unspecified atom stereocenters. The van der Waals surface area contributed by atoms with Gasteiger partial charge in [-0.2, -0.15) is 23.0 Å². The van der Waals surface area contributed by atoms with Crippen LogP contribution in [0.3, 0.4) is 0 Å². The summed E-state index contributed by atoms with van der Waals surface area (Å²) in [7, 11) is 0. The Kier molecular flexibility index (Phi) is 2.74. The number of rotatable bonds is 1. The van der Waals surface area contributed by atoms with Crippen molar-refractivity contribution in [1.82, 2.24) is 9.78 Å². The van der Waals surface area contributed by atoms with Crippen molar-refractivity contribution in [2.75, 3.05) is 0 Å². The van der Waals surface area contributed by atoms with Crippen LogP contribution in [0.5, 0.6) is 5.88 Å².